The number of ether oxygens (including phenoxy) is 1. The summed E-state index contributed by atoms with van der Waals surface area (Å²) in [6, 6.07) is 12.3. The number of nitrogens with one attached hydrogen (secondary N) is 2. The van der Waals surface area contributed by atoms with E-state index >= 15 is 0 Å². The van der Waals surface area contributed by atoms with Crippen molar-refractivity contribution in [2.75, 3.05) is 31.6 Å². The molecule has 0 saturated carbocycles. The van der Waals surface area contributed by atoms with E-state index in [-0.39, 0.29) is 18.2 Å². The van der Waals surface area contributed by atoms with E-state index in [4.69, 9.17) is 4.74 Å². The van der Waals surface area contributed by atoms with Crippen molar-refractivity contribution in [3.05, 3.63) is 65.0 Å². The topological polar surface area (TPSA) is 70.7 Å². The highest BCUT2D eigenvalue weighted by atomic mass is 19.1. The predicted octanol–water partition coefficient (Wildman–Crippen LogP) is 2.40. The third kappa shape index (κ3) is 4.81. The first-order chi connectivity index (χ1) is 14.1. The monoisotopic (exact) mass is 397 g/mol. The van der Waals surface area contributed by atoms with Gasteiger partial charge in [-0.05, 0) is 28.8 Å². The standard InChI is InChI=1S/C22H24FN3O3/c23-17-5-6-18-19(12-21(27)25-20(18)11-17)22(28)24-13-15-1-3-16(4-2-15)14-26-7-9-29-10-8-26/h1-6,11,19H,7-10,12-14H2,(H,24,28)(H,25,27). The lowest BCUT2D eigenvalue weighted by Gasteiger charge is -2.26. The number of benzene rings is 2. The van der Waals surface area contributed by atoms with Crippen molar-refractivity contribution >= 4 is 17.5 Å². The number of morpholine rings is 1. The van der Waals surface area contributed by atoms with E-state index < -0.39 is 11.7 Å². The summed E-state index contributed by atoms with van der Waals surface area (Å²) in [6.45, 7) is 4.71. The van der Waals surface area contributed by atoms with E-state index in [2.05, 4.69) is 27.7 Å². The van der Waals surface area contributed by atoms with Crippen molar-refractivity contribution in [3.8, 4) is 0 Å². The van der Waals surface area contributed by atoms with Crippen LogP contribution in [0.5, 0.6) is 0 Å². The van der Waals surface area contributed by atoms with Crippen molar-refractivity contribution < 1.29 is 18.7 Å². The van der Waals surface area contributed by atoms with Crippen LogP contribution in [0, 0.1) is 5.82 Å². The van der Waals surface area contributed by atoms with E-state index in [1.54, 1.807) is 6.07 Å². The Hall–Kier alpha value is -2.77. The normalized spacial score (nSPS) is 19.3. The molecular formula is C22H24FN3O3. The largest absolute Gasteiger partial charge is 0.379 e. The van der Waals surface area contributed by atoms with Crippen molar-refractivity contribution in [1.82, 2.24) is 10.2 Å². The molecule has 2 heterocycles. The molecule has 1 unspecified atom stereocenters. The molecule has 0 radical (unpaired) electrons. The van der Waals surface area contributed by atoms with Crippen molar-refractivity contribution in [2.24, 2.45) is 0 Å². The summed E-state index contributed by atoms with van der Waals surface area (Å²) >= 11 is 0. The Morgan fingerprint density at radius 3 is 2.62 bits per heavy atom. The zero-order valence-corrected chi connectivity index (χ0v) is 16.1. The second kappa shape index (κ2) is 8.71. The fourth-order valence-electron chi connectivity index (χ4n) is 3.76. The minimum Gasteiger partial charge on any atom is -0.379 e. The summed E-state index contributed by atoms with van der Waals surface area (Å²) < 4.78 is 18.8. The second-order valence-corrected chi connectivity index (χ2v) is 7.46. The lowest BCUT2D eigenvalue weighted by molar-refractivity contribution is -0.126. The number of carbonyl (C=O) groups excluding carboxylic acids is 2. The quantitative estimate of drug-likeness (QED) is 0.813. The molecule has 2 aliphatic rings. The van der Waals surface area contributed by atoms with Gasteiger partial charge in [0.15, 0.2) is 0 Å². The molecule has 1 atom stereocenters. The van der Waals surface area contributed by atoms with Crippen LogP contribution in [-0.2, 0) is 27.4 Å². The molecule has 2 aromatic carbocycles. The van der Waals surface area contributed by atoms with Crippen LogP contribution < -0.4 is 10.6 Å². The summed E-state index contributed by atoms with van der Waals surface area (Å²) in [7, 11) is 0. The molecule has 2 aromatic rings. The Bertz CT molecular complexity index is 895. The third-order valence-electron chi connectivity index (χ3n) is 5.37. The molecule has 1 saturated heterocycles. The zero-order valence-electron chi connectivity index (χ0n) is 16.1. The van der Waals surface area contributed by atoms with E-state index in [1.165, 1.54) is 17.7 Å². The molecule has 0 aliphatic carbocycles. The molecule has 2 aliphatic heterocycles. The van der Waals surface area contributed by atoms with Crippen LogP contribution >= 0.6 is 0 Å². The van der Waals surface area contributed by atoms with Gasteiger partial charge in [-0.3, -0.25) is 14.5 Å². The summed E-state index contributed by atoms with van der Waals surface area (Å²) in [6.07, 6.45) is 0.0585. The highest BCUT2D eigenvalue weighted by molar-refractivity contribution is 6.01. The Labute approximate surface area is 169 Å². The molecule has 29 heavy (non-hydrogen) atoms. The molecule has 0 spiro atoms. The van der Waals surface area contributed by atoms with Crippen LogP contribution in [0.3, 0.4) is 0 Å². The van der Waals surface area contributed by atoms with Gasteiger partial charge in [-0.15, -0.1) is 0 Å². The first kappa shape index (κ1) is 19.5. The van der Waals surface area contributed by atoms with Crippen LogP contribution in [0.25, 0.3) is 0 Å². The second-order valence-electron chi connectivity index (χ2n) is 7.46. The van der Waals surface area contributed by atoms with Gasteiger partial charge in [-0.25, -0.2) is 4.39 Å². The predicted molar refractivity (Wildman–Crippen MR) is 107 cm³/mol. The van der Waals surface area contributed by atoms with Crippen LogP contribution in [-0.4, -0.2) is 43.0 Å². The van der Waals surface area contributed by atoms with Gasteiger partial charge in [0.05, 0.1) is 19.1 Å². The minimum atomic E-state index is -0.611. The Morgan fingerprint density at radius 1 is 1.14 bits per heavy atom. The minimum absolute atomic E-state index is 0.0585. The lowest BCUT2D eigenvalue weighted by Crippen LogP contribution is -2.35. The zero-order chi connectivity index (χ0) is 20.2. The molecule has 1 fully saturated rings. The van der Waals surface area contributed by atoms with Gasteiger partial charge in [0.2, 0.25) is 11.8 Å². The number of rotatable bonds is 5. The fourth-order valence-corrected chi connectivity index (χ4v) is 3.76. The SMILES string of the molecule is O=C1CC(C(=O)NCc2ccc(CN3CCOCC3)cc2)c2ccc(F)cc2N1. The van der Waals surface area contributed by atoms with Gasteiger partial charge in [0.1, 0.15) is 5.82 Å². The van der Waals surface area contributed by atoms with Crippen LogP contribution in [0.1, 0.15) is 29.0 Å². The van der Waals surface area contributed by atoms with Gasteiger partial charge >= 0.3 is 0 Å². The van der Waals surface area contributed by atoms with Crippen LogP contribution in [0.15, 0.2) is 42.5 Å². The van der Waals surface area contributed by atoms with Gasteiger partial charge < -0.3 is 15.4 Å². The van der Waals surface area contributed by atoms with Gasteiger partial charge in [-0.1, -0.05) is 30.3 Å². The number of hydrogen-bond acceptors (Lipinski definition) is 4. The van der Waals surface area contributed by atoms with Crippen molar-refractivity contribution in [3.63, 3.8) is 0 Å². The number of carbonyl (C=O) groups is 2. The number of anilines is 1. The first-order valence-electron chi connectivity index (χ1n) is 9.83. The number of amides is 2. The van der Waals surface area contributed by atoms with Gasteiger partial charge in [0.25, 0.3) is 0 Å². The molecule has 7 heteroatoms. The summed E-state index contributed by atoms with van der Waals surface area (Å²) in [5.41, 5.74) is 3.23. The highest BCUT2D eigenvalue weighted by Gasteiger charge is 2.30. The van der Waals surface area contributed by atoms with Crippen LogP contribution in [0.2, 0.25) is 0 Å². The molecule has 4 rings (SSSR count). The van der Waals surface area contributed by atoms with Gasteiger partial charge in [-0.2, -0.15) is 0 Å². The maximum absolute atomic E-state index is 13.4. The summed E-state index contributed by atoms with van der Waals surface area (Å²) in [5.74, 6) is -1.57. The maximum Gasteiger partial charge on any atom is 0.228 e. The van der Waals surface area contributed by atoms with E-state index in [9.17, 15) is 14.0 Å². The van der Waals surface area contributed by atoms with E-state index in [0.717, 1.165) is 38.4 Å². The Morgan fingerprint density at radius 2 is 1.86 bits per heavy atom. The molecule has 0 bridgehead atoms. The number of halogens is 1. The van der Waals surface area contributed by atoms with Crippen LogP contribution in [0.4, 0.5) is 10.1 Å². The number of fused-ring (bicyclic) bond motifs is 1. The highest BCUT2D eigenvalue weighted by Crippen LogP contribution is 2.32. The summed E-state index contributed by atoms with van der Waals surface area (Å²) in [5, 5.41) is 5.53. The molecular weight excluding hydrogens is 373 g/mol. The molecule has 2 N–H and O–H groups in total. The average molecular weight is 397 g/mol. The average Bonchev–Trinajstić information content (AvgIpc) is 2.73. The Kier molecular flexibility index (Phi) is 5.87. The maximum atomic E-state index is 13.4. The fraction of sp³-hybridized carbons (Fsp3) is 0.364. The number of nitrogens with zero attached hydrogens (tertiary/aromatic N) is 1. The van der Waals surface area contributed by atoms with Gasteiger partial charge in [0, 0.05) is 38.3 Å². The smallest absolute Gasteiger partial charge is 0.228 e. The molecule has 152 valence electrons. The van der Waals surface area contributed by atoms with E-state index in [1.807, 2.05) is 12.1 Å². The van der Waals surface area contributed by atoms with Crippen molar-refractivity contribution in [1.29, 1.82) is 0 Å². The van der Waals surface area contributed by atoms with Crippen molar-refractivity contribution in [2.45, 2.75) is 25.4 Å². The molecule has 2 amide bonds. The molecule has 0 aromatic heterocycles. The molecule has 6 nitrogen and oxygen atoms in total. The third-order valence-corrected chi connectivity index (χ3v) is 5.37. The number of hydrogen-bond donors (Lipinski definition) is 2. The first-order valence-corrected chi connectivity index (χ1v) is 9.83. The lowest BCUT2D eigenvalue weighted by atomic mass is 9.89. The Balaban J connectivity index is 1.35. The summed E-state index contributed by atoms with van der Waals surface area (Å²) in [4.78, 5) is 26.9. The van der Waals surface area contributed by atoms with E-state index in [0.29, 0.717) is 17.8 Å².